The molecule has 0 aliphatic carbocycles. The van der Waals surface area contributed by atoms with Gasteiger partial charge in [-0.2, -0.15) is 0 Å². The van der Waals surface area contributed by atoms with E-state index >= 15 is 0 Å². The molecule has 3 aromatic rings. The monoisotopic (exact) mass is 377 g/mol. The Kier molecular flexibility index (Phi) is 5.91. The molecule has 0 unspecified atom stereocenters. The number of rotatable bonds is 7. The fourth-order valence-electron chi connectivity index (χ4n) is 2.66. The average Bonchev–Trinajstić information content (AvgIpc) is 2.73. The number of primary amides is 1. The minimum absolute atomic E-state index is 0.0248. The second-order valence-electron chi connectivity index (χ2n) is 5.85. The predicted octanol–water partition coefficient (Wildman–Crippen LogP) is 3.45. The van der Waals surface area contributed by atoms with Crippen LogP contribution in [0, 0.1) is 0 Å². The Morgan fingerprint density at radius 3 is 2.32 bits per heavy atom. The lowest BCUT2D eigenvalue weighted by atomic mass is 10.1. The SMILES string of the molecule is COc1ccc(C(N)=O)c(OC(=O)COc2ccccc2-c2ccccc2)c1. The molecule has 6 nitrogen and oxygen atoms in total. The third kappa shape index (κ3) is 4.48. The summed E-state index contributed by atoms with van der Waals surface area (Å²) in [5.74, 6) is -0.370. The van der Waals surface area contributed by atoms with Crippen molar-refractivity contribution in [1.29, 1.82) is 0 Å². The van der Waals surface area contributed by atoms with Gasteiger partial charge in [0.05, 0.1) is 12.7 Å². The first-order chi connectivity index (χ1) is 13.6. The maximum atomic E-state index is 12.3. The first kappa shape index (κ1) is 19.0. The minimum atomic E-state index is -0.708. The molecule has 2 N–H and O–H groups in total. The molecule has 28 heavy (non-hydrogen) atoms. The van der Waals surface area contributed by atoms with Crippen molar-refractivity contribution in [1.82, 2.24) is 0 Å². The molecule has 0 aromatic heterocycles. The molecular weight excluding hydrogens is 358 g/mol. The van der Waals surface area contributed by atoms with Gasteiger partial charge in [0.25, 0.3) is 5.91 Å². The Hall–Kier alpha value is -3.80. The highest BCUT2D eigenvalue weighted by Crippen LogP contribution is 2.30. The summed E-state index contributed by atoms with van der Waals surface area (Å²) in [5, 5.41) is 0. The summed E-state index contributed by atoms with van der Waals surface area (Å²) in [5.41, 5.74) is 7.24. The summed E-state index contributed by atoms with van der Waals surface area (Å²) < 4.78 is 16.0. The summed E-state index contributed by atoms with van der Waals surface area (Å²) in [7, 11) is 1.47. The van der Waals surface area contributed by atoms with Crippen LogP contribution in [0.3, 0.4) is 0 Å². The van der Waals surface area contributed by atoms with E-state index < -0.39 is 11.9 Å². The number of ether oxygens (including phenoxy) is 3. The van der Waals surface area contributed by atoms with Gasteiger partial charge in [-0.05, 0) is 23.8 Å². The summed E-state index contributed by atoms with van der Waals surface area (Å²) in [6, 6.07) is 21.5. The van der Waals surface area contributed by atoms with Crippen molar-refractivity contribution in [3.05, 3.63) is 78.4 Å². The highest BCUT2D eigenvalue weighted by atomic mass is 16.6. The molecule has 1 amide bonds. The third-order valence-electron chi connectivity index (χ3n) is 4.00. The van der Waals surface area contributed by atoms with Gasteiger partial charge in [0.2, 0.25) is 0 Å². The first-order valence-corrected chi connectivity index (χ1v) is 8.54. The van der Waals surface area contributed by atoms with Gasteiger partial charge in [0.1, 0.15) is 17.2 Å². The van der Waals surface area contributed by atoms with Gasteiger partial charge < -0.3 is 19.9 Å². The Balaban J connectivity index is 1.73. The Morgan fingerprint density at radius 2 is 1.61 bits per heavy atom. The van der Waals surface area contributed by atoms with Crippen molar-refractivity contribution in [2.75, 3.05) is 13.7 Å². The maximum absolute atomic E-state index is 12.3. The zero-order chi connectivity index (χ0) is 19.9. The van der Waals surface area contributed by atoms with Gasteiger partial charge in [-0.3, -0.25) is 4.79 Å². The molecule has 0 aliphatic heterocycles. The Labute approximate surface area is 162 Å². The van der Waals surface area contributed by atoms with Crippen LogP contribution in [0.15, 0.2) is 72.8 Å². The van der Waals surface area contributed by atoms with Crippen molar-refractivity contribution >= 4 is 11.9 Å². The van der Waals surface area contributed by atoms with Gasteiger partial charge >= 0.3 is 5.97 Å². The summed E-state index contributed by atoms with van der Waals surface area (Å²) in [6.45, 7) is -0.334. The van der Waals surface area contributed by atoms with Crippen LogP contribution in [-0.4, -0.2) is 25.6 Å². The van der Waals surface area contributed by atoms with E-state index in [4.69, 9.17) is 19.9 Å². The number of amides is 1. The molecule has 0 bridgehead atoms. The Morgan fingerprint density at radius 1 is 0.893 bits per heavy atom. The zero-order valence-corrected chi connectivity index (χ0v) is 15.3. The van der Waals surface area contributed by atoms with E-state index in [1.807, 2.05) is 48.5 Å². The molecule has 0 radical (unpaired) electrons. The standard InChI is InChI=1S/C22H19NO5/c1-26-16-11-12-18(22(23)25)20(13-16)28-21(24)14-27-19-10-6-5-9-17(19)15-7-3-2-4-8-15/h2-13H,14H2,1H3,(H2,23,25). The van der Waals surface area contributed by atoms with E-state index in [2.05, 4.69) is 0 Å². The molecule has 142 valence electrons. The summed E-state index contributed by atoms with van der Waals surface area (Å²) in [6.07, 6.45) is 0. The van der Waals surface area contributed by atoms with E-state index in [0.717, 1.165) is 11.1 Å². The van der Waals surface area contributed by atoms with Crippen LogP contribution in [0.2, 0.25) is 0 Å². The normalized spacial score (nSPS) is 10.2. The number of carbonyl (C=O) groups excluding carboxylic acids is 2. The van der Waals surface area contributed by atoms with Gasteiger partial charge in [-0.25, -0.2) is 4.79 Å². The van der Waals surface area contributed by atoms with Gasteiger partial charge in [-0.15, -0.1) is 0 Å². The molecule has 0 saturated heterocycles. The van der Waals surface area contributed by atoms with Crippen LogP contribution in [-0.2, 0) is 4.79 Å². The zero-order valence-electron chi connectivity index (χ0n) is 15.3. The van der Waals surface area contributed by atoms with E-state index in [1.165, 1.54) is 19.2 Å². The van der Waals surface area contributed by atoms with Crippen LogP contribution in [0.25, 0.3) is 11.1 Å². The van der Waals surface area contributed by atoms with Crippen LogP contribution < -0.4 is 19.9 Å². The largest absolute Gasteiger partial charge is 0.497 e. The fourth-order valence-corrected chi connectivity index (χ4v) is 2.66. The fraction of sp³-hybridized carbons (Fsp3) is 0.0909. The number of nitrogens with two attached hydrogens (primary N) is 1. The van der Waals surface area contributed by atoms with Crippen LogP contribution in [0.1, 0.15) is 10.4 Å². The predicted molar refractivity (Wildman–Crippen MR) is 105 cm³/mol. The number of para-hydroxylation sites is 1. The maximum Gasteiger partial charge on any atom is 0.349 e. The van der Waals surface area contributed by atoms with E-state index in [1.54, 1.807) is 12.1 Å². The smallest absolute Gasteiger partial charge is 0.349 e. The minimum Gasteiger partial charge on any atom is -0.497 e. The van der Waals surface area contributed by atoms with Crippen molar-refractivity contribution in [3.63, 3.8) is 0 Å². The lowest BCUT2D eigenvalue weighted by Gasteiger charge is -2.13. The topological polar surface area (TPSA) is 87.9 Å². The van der Waals surface area contributed by atoms with E-state index in [0.29, 0.717) is 11.5 Å². The number of esters is 1. The number of carbonyl (C=O) groups is 2. The summed E-state index contributed by atoms with van der Waals surface area (Å²) >= 11 is 0. The molecule has 3 aromatic carbocycles. The number of hydrogen-bond donors (Lipinski definition) is 1. The van der Waals surface area contributed by atoms with Crippen LogP contribution in [0.5, 0.6) is 17.2 Å². The lowest BCUT2D eigenvalue weighted by molar-refractivity contribution is -0.136. The molecule has 3 rings (SSSR count). The molecular formula is C22H19NO5. The molecule has 0 atom stereocenters. The second kappa shape index (κ2) is 8.73. The molecule has 0 saturated carbocycles. The number of hydrogen-bond acceptors (Lipinski definition) is 5. The second-order valence-corrected chi connectivity index (χ2v) is 5.85. The van der Waals surface area contributed by atoms with Gasteiger partial charge in [0, 0.05) is 11.6 Å². The average molecular weight is 377 g/mol. The molecule has 6 heteroatoms. The molecule has 0 spiro atoms. The lowest BCUT2D eigenvalue weighted by Crippen LogP contribution is -2.20. The van der Waals surface area contributed by atoms with Crippen molar-refractivity contribution in [2.24, 2.45) is 5.73 Å². The van der Waals surface area contributed by atoms with Crippen LogP contribution >= 0.6 is 0 Å². The highest BCUT2D eigenvalue weighted by molar-refractivity contribution is 5.96. The highest BCUT2D eigenvalue weighted by Gasteiger charge is 2.16. The molecule has 0 fully saturated rings. The van der Waals surface area contributed by atoms with Crippen molar-refractivity contribution in [3.8, 4) is 28.4 Å². The van der Waals surface area contributed by atoms with E-state index in [9.17, 15) is 9.59 Å². The van der Waals surface area contributed by atoms with E-state index in [-0.39, 0.29) is 17.9 Å². The summed E-state index contributed by atoms with van der Waals surface area (Å²) in [4.78, 5) is 23.8. The Bertz CT molecular complexity index is 985. The molecule has 0 aliphatic rings. The first-order valence-electron chi connectivity index (χ1n) is 8.54. The number of benzene rings is 3. The van der Waals surface area contributed by atoms with Crippen LogP contribution in [0.4, 0.5) is 0 Å². The quantitative estimate of drug-likeness (QED) is 0.503. The van der Waals surface area contributed by atoms with Gasteiger partial charge in [0.15, 0.2) is 6.61 Å². The van der Waals surface area contributed by atoms with Gasteiger partial charge in [-0.1, -0.05) is 48.5 Å². The third-order valence-corrected chi connectivity index (χ3v) is 4.00. The van der Waals surface area contributed by atoms with Crippen molar-refractivity contribution in [2.45, 2.75) is 0 Å². The molecule has 0 heterocycles. The van der Waals surface area contributed by atoms with Crippen molar-refractivity contribution < 1.29 is 23.8 Å². The number of methoxy groups -OCH3 is 1.